The Morgan fingerprint density at radius 2 is 1.85 bits per heavy atom. The molecule has 3 rings (SSSR count). The van der Waals surface area contributed by atoms with Crippen LogP contribution in [0.2, 0.25) is 0 Å². The predicted octanol–water partition coefficient (Wildman–Crippen LogP) is 2.77. The van der Waals surface area contributed by atoms with Gasteiger partial charge in [-0.25, -0.2) is 9.97 Å². The van der Waals surface area contributed by atoms with Gasteiger partial charge in [0.25, 0.3) is 0 Å². The quantitative estimate of drug-likeness (QED) is 0.823. The highest BCUT2D eigenvalue weighted by atomic mass is 16.2. The molecule has 1 aliphatic heterocycles. The van der Waals surface area contributed by atoms with Crippen LogP contribution in [0.4, 0.5) is 11.5 Å². The van der Waals surface area contributed by atoms with Crippen LogP contribution in [0, 0.1) is 6.92 Å². The lowest BCUT2D eigenvalue weighted by Crippen LogP contribution is -2.49. The van der Waals surface area contributed by atoms with Gasteiger partial charge in [-0.2, -0.15) is 0 Å². The number of nitrogens with zero attached hydrogens (tertiary/aromatic N) is 4. The van der Waals surface area contributed by atoms with E-state index in [4.69, 9.17) is 10.7 Å². The van der Waals surface area contributed by atoms with E-state index >= 15 is 0 Å². The number of piperazine rings is 1. The molecule has 1 aliphatic rings. The average Bonchev–Trinajstić information content (AvgIpc) is 2.66. The normalized spacial score (nSPS) is 14.7. The number of hydrogen-bond donors (Lipinski definition) is 1. The molecule has 6 nitrogen and oxygen atoms in total. The van der Waals surface area contributed by atoms with E-state index in [9.17, 15) is 4.79 Å². The van der Waals surface area contributed by atoms with Crippen LogP contribution in [-0.4, -0.2) is 47.0 Å². The maximum atomic E-state index is 12.6. The summed E-state index contributed by atoms with van der Waals surface area (Å²) < 4.78 is 0. The van der Waals surface area contributed by atoms with Gasteiger partial charge in [-0.05, 0) is 25.0 Å². The molecule has 27 heavy (non-hydrogen) atoms. The van der Waals surface area contributed by atoms with Gasteiger partial charge in [0.05, 0.1) is 0 Å². The van der Waals surface area contributed by atoms with Crippen molar-refractivity contribution < 1.29 is 4.79 Å². The van der Waals surface area contributed by atoms with Crippen molar-refractivity contribution >= 4 is 17.4 Å². The van der Waals surface area contributed by atoms with E-state index in [0.29, 0.717) is 18.8 Å². The molecular formula is C21H29N5O. The summed E-state index contributed by atoms with van der Waals surface area (Å²) in [6, 6.07) is 9.78. The third-order valence-electron chi connectivity index (χ3n) is 4.99. The van der Waals surface area contributed by atoms with Crippen LogP contribution in [0.25, 0.3) is 0 Å². The van der Waals surface area contributed by atoms with E-state index in [1.54, 1.807) is 0 Å². The molecule has 0 aliphatic carbocycles. The molecule has 144 valence electrons. The minimum absolute atomic E-state index is 0.194. The molecule has 1 aromatic heterocycles. The first kappa shape index (κ1) is 19.1. The number of carbonyl (C=O) groups is 1. The van der Waals surface area contributed by atoms with E-state index in [1.807, 2.05) is 42.2 Å². The molecule has 6 heteroatoms. The molecule has 0 atom stereocenters. The Morgan fingerprint density at radius 3 is 2.52 bits per heavy atom. The van der Waals surface area contributed by atoms with Crippen molar-refractivity contribution in [1.82, 2.24) is 14.9 Å². The van der Waals surface area contributed by atoms with E-state index in [2.05, 4.69) is 23.7 Å². The lowest BCUT2D eigenvalue weighted by molar-refractivity contribution is -0.131. The van der Waals surface area contributed by atoms with Crippen molar-refractivity contribution in [3.05, 3.63) is 47.4 Å². The van der Waals surface area contributed by atoms with Crippen LogP contribution in [0.3, 0.4) is 0 Å². The minimum Gasteiger partial charge on any atom is -0.399 e. The van der Waals surface area contributed by atoms with E-state index in [1.165, 1.54) is 0 Å². The number of amides is 1. The van der Waals surface area contributed by atoms with Gasteiger partial charge in [-0.15, -0.1) is 0 Å². The Labute approximate surface area is 161 Å². The van der Waals surface area contributed by atoms with Gasteiger partial charge in [-0.3, -0.25) is 4.79 Å². The summed E-state index contributed by atoms with van der Waals surface area (Å²) in [5, 5.41) is 0. The standard InChI is InChI=1S/C21H29N5O/c1-15(2)21-23-16(3)14-19(24-21)25-10-12-26(13-11-25)20(27)9-8-17-6-4-5-7-18(17)22/h4-7,14-15H,8-13,22H2,1-3H3. The van der Waals surface area contributed by atoms with Gasteiger partial charge in [0.2, 0.25) is 5.91 Å². The molecule has 0 saturated carbocycles. The maximum absolute atomic E-state index is 12.6. The molecule has 1 aromatic carbocycles. The van der Waals surface area contributed by atoms with E-state index < -0.39 is 0 Å². The number of rotatable bonds is 5. The number of carbonyl (C=O) groups excluding carboxylic acids is 1. The van der Waals surface area contributed by atoms with Crippen LogP contribution < -0.4 is 10.6 Å². The first-order valence-corrected chi connectivity index (χ1v) is 9.65. The lowest BCUT2D eigenvalue weighted by atomic mass is 10.1. The molecular weight excluding hydrogens is 338 g/mol. The second-order valence-corrected chi connectivity index (χ2v) is 7.45. The first-order chi connectivity index (χ1) is 12.9. The fourth-order valence-corrected chi connectivity index (χ4v) is 3.34. The zero-order valence-electron chi connectivity index (χ0n) is 16.5. The van der Waals surface area contributed by atoms with Crippen molar-refractivity contribution in [2.75, 3.05) is 36.8 Å². The van der Waals surface area contributed by atoms with Crippen LogP contribution in [0.1, 0.15) is 43.3 Å². The monoisotopic (exact) mass is 367 g/mol. The highest BCUT2D eigenvalue weighted by Gasteiger charge is 2.22. The van der Waals surface area contributed by atoms with Gasteiger partial charge in [0, 0.05) is 56.0 Å². The van der Waals surface area contributed by atoms with Crippen molar-refractivity contribution in [3.8, 4) is 0 Å². The number of hydrogen-bond acceptors (Lipinski definition) is 5. The third-order valence-corrected chi connectivity index (χ3v) is 4.99. The van der Waals surface area contributed by atoms with Crippen LogP contribution in [0.5, 0.6) is 0 Å². The summed E-state index contributed by atoms with van der Waals surface area (Å²) in [5.41, 5.74) is 8.76. The Hall–Kier alpha value is -2.63. The smallest absolute Gasteiger partial charge is 0.223 e. The summed E-state index contributed by atoms with van der Waals surface area (Å²) >= 11 is 0. The molecule has 2 heterocycles. The Kier molecular flexibility index (Phi) is 5.94. The van der Waals surface area contributed by atoms with Gasteiger partial charge in [0.15, 0.2) is 0 Å². The highest BCUT2D eigenvalue weighted by molar-refractivity contribution is 5.77. The summed E-state index contributed by atoms with van der Waals surface area (Å²) in [6.07, 6.45) is 1.19. The largest absolute Gasteiger partial charge is 0.399 e. The van der Waals surface area contributed by atoms with Crippen molar-refractivity contribution in [2.24, 2.45) is 0 Å². The lowest BCUT2D eigenvalue weighted by Gasteiger charge is -2.35. The molecule has 0 spiro atoms. The SMILES string of the molecule is Cc1cc(N2CCN(C(=O)CCc3ccccc3N)CC2)nc(C(C)C)n1. The summed E-state index contributed by atoms with van der Waals surface area (Å²) in [4.78, 5) is 26.0. The van der Waals surface area contributed by atoms with E-state index in [-0.39, 0.29) is 5.91 Å². The number of benzene rings is 1. The molecule has 1 saturated heterocycles. The molecule has 0 radical (unpaired) electrons. The number of anilines is 2. The van der Waals surface area contributed by atoms with Crippen molar-refractivity contribution in [1.29, 1.82) is 0 Å². The highest BCUT2D eigenvalue weighted by Crippen LogP contribution is 2.19. The fraction of sp³-hybridized carbons (Fsp3) is 0.476. The van der Waals surface area contributed by atoms with Gasteiger partial charge in [-0.1, -0.05) is 32.0 Å². The summed E-state index contributed by atoms with van der Waals surface area (Å²) in [7, 11) is 0. The van der Waals surface area contributed by atoms with Gasteiger partial charge in [0.1, 0.15) is 11.6 Å². The zero-order valence-corrected chi connectivity index (χ0v) is 16.5. The first-order valence-electron chi connectivity index (χ1n) is 9.65. The Balaban J connectivity index is 1.55. The Bertz CT molecular complexity index is 797. The second kappa shape index (κ2) is 8.37. The molecule has 2 N–H and O–H groups in total. The fourth-order valence-electron chi connectivity index (χ4n) is 3.34. The predicted molar refractivity (Wildman–Crippen MR) is 109 cm³/mol. The van der Waals surface area contributed by atoms with Gasteiger partial charge < -0.3 is 15.5 Å². The second-order valence-electron chi connectivity index (χ2n) is 7.45. The zero-order chi connectivity index (χ0) is 19.4. The maximum Gasteiger partial charge on any atom is 0.223 e. The molecule has 2 aromatic rings. The third kappa shape index (κ3) is 4.76. The van der Waals surface area contributed by atoms with Crippen molar-refractivity contribution in [3.63, 3.8) is 0 Å². The summed E-state index contributed by atoms with van der Waals surface area (Å²) in [5.74, 6) is 2.34. The number of aromatic nitrogens is 2. The van der Waals surface area contributed by atoms with Crippen LogP contribution in [0.15, 0.2) is 30.3 Å². The van der Waals surface area contributed by atoms with Crippen LogP contribution >= 0.6 is 0 Å². The minimum atomic E-state index is 0.194. The molecule has 1 fully saturated rings. The molecule has 0 bridgehead atoms. The number of aryl methyl sites for hydroxylation is 2. The topological polar surface area (TPSA) is 75.3 Å². The molecule has 0 unspecified atom stereocenters. The molecule has 1 amide bonds. The Morgan fingerprint density at radius 1 is 1.15 bits per heavy atom. The van der Waals surface area contributed by atoms with E-state index in [0.717, 1.165) is 54.8 Å². The van der Waals surface area contributed by atoms with Crippen molar-refractivity contribution in [2.45, 2.75) is 39.5 Å². The number of nitrogens with two attached hydrogens (primary N) is 1. The van der Waals surface area contributed by atoms with Gasteiger partial charge >= 0.3 is 0 Å². The van der Waals surface area contributed by atoms with Crippen LogP contribution in [-0.2, 0) is 11.2 Å². The average molecular weight is 367 g/mol. The number of nitrogen functional groups attached to an aromatic ring is 1. The number of para-hydroxylation sites is 1. The summed E-state index contributed by atoms with van der Waals surface area (Å²) in [6.45, 7) is 9.27.